The molecule has 7 nitrogen and oxygen atoms in total. The number of hydrogen-bond acceptors (Lipinski definition) is 5. The summed E-state index contributed by atoms with van der Waals surface area (Å²) in [7, 11) is 0. The summed E-state index contributed by atoms with van der Waals surface area (Å²) in [5.41, 5.74) is 0.541. The highest BCUT2D eigenvalue weighted by Gasteiger charge is 2.21. The van der Waals surface area contributed by atoms with E-state index >= 15 is 0 Å². The first-order valence-electron chi connectivity index (χ1n) is 7.98. The maximum absolute atomic E-state index is 12.0. The van der Waals surface area contributed by atoms with E-state index in [2.05, 4.69) is 15.5 Å². The molecule has 1 heterocycles. The zero-order valence-corrected chi connectivity index (χ0v) is 13.6. The van der Waals surface area contributed by atoms with Gasteiger partial charge in [-0.3, -0.25) is 4.79 Å². The van der Waals surface area contributed by atoms with Gasteiger partial charge >= 0.3 is 5.97 Å². The molecule has 7 heteroatoms. The summed E-state index contributed by atoms with van der Waals surface area (Å²) < 4.78 is 5.10. The molecule has 2 N–H and O–H groups in total. The van der Waals surface area contributed by atoms with E-state index in [1.54, 1.807) is 30.3 Å². The van der Waals surface area contributed by atoms with Crippen LogP contribution in [0.15, 0.2) is 34.9 Å². The van der Waals surface area contributed by atoms with E-state index < -0.39 is 12.0 Å². The average Bonchev–Trinajstić information content (AvgIpc) is 3.01. The molecule has 1 atom stereocenters. The highest BCUT2D eigenvalue weighted by atomic mass is 16.5. The number of benzene rings is 1. The fraction of sp³-hybridized carbons (Fsp3) is 0.412. The SMILES string of the molecule is CCCc1noc(CCCC(=O)NC(C(=O)O)c2ccccc2)n1. The Balaban J connectivity index is 1.82. The van der Waals surface area contributed by atoms with Gasteiger partial charge < -0.3 is 14.9 Å². The van der Waals surface area contributed by atoms with E-state index in [1.807, 2.05) is 6.92 Å². The van der Waals surface area contributed by atoms with Crippen molar-refractivity contribution in [1.29, 1.82) is 0 Å². The van der Waals surface area contributed by atoms with Crippen LogP contribution in [0.2, 0.25) is 0 Å². The Kier molecular flexibility index (Phi) is 6.48. The third kappa shape index (κ3) is 5.19. The van der Waals surface area contributed by atoms with Crippen molar-refractivity contribution >= 4 is 11.9 Å². The summed E-state index contributed by atoms with van der Waals surface area (Å²) in [5.74, 6) is -0.230. The molecule has 0 bridgehead atoms. The van der Waals surface area contributed by atoms with Crippen LogP contribution in [-0.2, 0) is 22.4 Å². The van der Waals surface area contributed by atoms with E-state index in [9.17, 15) is 14.7 Å². The highest BCUT2D eigenvalue weighted by molar-refractivity contribution is 5.84. The summed E-state index contributed by atoms with van der Waals surface area (Å²) in [4.78, 5) is 27.6. The monoisotopic (exact) mass is 331 g/mol. The first-order valence-corrected chi connectivity index (χ1v) is 7.98. The number of rotatable bonds is 9. The Hall–Kier alpha value is -2.70. The minimum Gasteiger partial charge on any atom is -0.479 e. The maximum Gasteiger partial charge on any atom is 0.330 e. The van der Waals surface area contributed by atoms with Crippen LogP contribution in [0.4, 0.5) is 0 Å². The van der Waals surface area contributed by atoms with E-state index in [0.717, 1.165) is 12.8 Å². The number of aliphatic carboxylic acids is 1. The summed E-state index contributed by atoms with van der Waals surface area (Å²) in [6.07, 6.45) is 2.91. The Morgan fingerprint density at radius 1 is 1.25 bits per heavy atom. The van der Waals surface area contributed by atoms with Crippen molar-refractivity contribution < 1.29 is 19.2 Å². The van der Waals surface area contributed by atoms with Crippen LogP contribution in [-0.4, -0.2) is 27.1 Å². The lowest BCUT2D eigenvalue weighted by molar-refractivity contribution is -0.142. The number of amides is 1. The minimum absolute atomic E-state index is 0.197. The molecular formula is C17H21N3O4. The molecule has 128 valence electrons. The molecule has 0 spiro atoms. The largest absolute Gasteiger partial charge is 0.479 e. The van der Waals surface area contributed by atoms with E-state index in [1.165, 1.54) is 0 Å². The second kappa shape index (κ2) is 8.81. The second-order valence-electron chi connectivity index (χ2n) is 5.46. The van der Waals surface area contributed by atoms with Gasteiger partial charge in [0.05, 0.1) is 0 Å². The Morgan fingerprint density at radius 2 is 2.00 bits per heavy atom. The Bertz CT molecular complexity index is 669. The summed E-state index contributed by atoms with van der Waals surface area (Å²) in [6.45, 7) is 2.03. The normalized spacial score (nSPS) is 11.9. The smallest absolute Gasteiger partial charge is 0.330 e. The molecule has 0 aliphatic rings. The third-order valence-corrected chi connectivity index (χ3v) is 3.46. The van der Waals surface area contributed by atoms with Gasteiger partial charge in [0, 0.05) is 19.3 Å². The number of carboxylic acid groups (broad SMARTS) is 1. The first kappa shape index (κ1) is 17.7. The van der Waals surface area contributed by atoms with Gasteiger partial charge in [-0.1, -0.05) is 42.4 Å². The number of carbonyl (C=O) groups excluding carboxylic acids is 1. The Morgan fingerprint density at radius 3 is 2.67 bits per heavy atom. The highest BCUT2D eigenvalue weighted by Crippen LogP contribution is 2.13. The number of hydrogen-bond donors (Lipinski definition) is 2. The summed E-state index contributed by atoms with van der Waals surface area (Å²) >= 11 is 0. The number of nitrogens with one attached hydrogen (secondary N) is 1. The topological polar surface area (TPSA) is 105 Å². The van der Waals surface area contributed by atoms with Crippen LogP contribution in [0.5, 0.6) is 0 Å². The van der Waals surface area contributed by atoms with E-state index in [4.69, 9.17) is 4.52 Å². The molecular weight excluding hydrogens is 310 g/mol. The van der Waals surface area contributed by atoms with Crippen molar-refractivity contribution in [2.45, 2.75) is 45.1 Å². The molecule has 0 aliphatic heterocycles. The van der Waals surface area contributed by atoms with Gasteiger partial charge in [-0.2, -0.15) is 4.98 Å². The van der Waals surface area contributed by atoms with Crippen molar-refractivity contribution in [1.82, 2.24) is 15.5 Å². The van der Waals surface area contributed by atoms with E-state index in [0.29, 0.717) is 30.1 Å². The lowest BCUT2D eigenvalue weighted by atomic mass is 10.1. The molecule has 0 radical (unpaired) electrons. The molecule has 1 aromatic heterocycles. The van der Waals surface area contributed by atoms with Gasteiger partial charge in [0.1, 0.15) is 0 Å². The van der Waals surface area contributed by atoms with Gasteiger partial charge in [0.15, 0.2) is 11.9 Å². The van der Waals surface area contributed by atoms with Gasteiger partial charge in [0.25, 0.3) is 0 Å². The third-order valence-electron chi connectivity index (χ3n) is 3.46. The van der Waals surface area contributed by atoms with Crippen LogP contribution in [0, 0.1) is 0 Å². The fourth-order valence-electron chi connectivity index (χ4n) is 2.28. The molecule has 0 saturated carbocycles. The van der Waals surface area contributed by atoms with Crippen molar-refractivity contribution in [2.75, 3.05) is 0 Å². The van der Waals surface area contributed by atoms with Crippen LogP contribution in [0.3, 0.4) is 0 Å². The van der Waals surface area contributed by atoms with Gasteiger partial charge in [0.2, 0.25) is 11.8 Å². The Labute approximate surface area is 140 Å². The molecule has 1 unspecified atom stereocenters. The zero-order chi connectivity index (χ0) is 17.4. The first-order chi connectivity index (χ1) is 11.6. The molecule has 2 rings (SSSR count). The predicted octanol–water partition coefficient (Wildman–Crippen LogP) is 2.29. The summed E-state index contributed by atoms with van der Waals surface area (Å²) in [5, 5.41) is 15.7. The quantitative estimate of drug-likeness (QED) is 0.730. The molecule has 0 saturated heterocycles. The van der Waals surface area contributed by atoms with Crippen molar-refractivity contribution in [3.63, 3.8) is 0 Å². The molecule has 1 aromatic carbocycles. The number of aryl methyl sites for hydroxylation is 2. The molecule has 2 aromatic rings. The second-order valence-corrected chi connectivity index (χ2v) is 5.46. The molecule has 24 heavy (non-hydrogen) atoms. The molecule has 1 amide bonds. The number of aromatic nitrogens is 2. The molecule has 0 fully saturated rings. The van der Waals surface area contributed by atoms with Crippen LogP contribution in [0.25, 0.3) is 0 Å². The summed E-state index contributed by atoms with van der Waals surface area (Å²) in [6, 6.07) is 7.57. The van der Waals surface area contributed by atoms with Crippen molar-refractivity contribution in [3.8, 4) is 0 Å². The van der Waals surface area contributed by atoms with Gasteiger partial charge in [-0.25, -0.2) is 4.79 Å². The van der Waals surface area contributed by atoms with Crippen LogP contribution >= 0.6 is 0 Å². The number of carboxylic acids is 1. The van der Waals surface area contributed by atoms with Crippen molar-refractivity contribution in [2.24, 2.45) is 0 Å². The van der Waals surface area contributed by atoms with Crippen LogP contribution in [0.1, 0.15) is 49.5 Å². The van der Waals surface area contributed by atoms with Gasteiger partial charge in [-0.05, 0) is 18.4 Å². The standard InChI is InChI=1S/C17H21N3O4/c1-2-7-13-18-15(24-20-13)11-6-10-14(21)19-16(17(22)23)12-8-4-3-5-9-12/h3-5,8-9,16H,2,6-7,10-11H2,1H3,(H,19,21)(H,22,23). The molecule has 0 aliphatic carbocycles. The lowest BCUT2D eigenvalue weighted by Crippen LogP contribution is -2.33. The van der Waals surface area contributed by atoms with Crippen molar-refractivity contribution in [3.05, 3.63) is 47.6 Å². The zero-order valence-electron chi connectivity index (χ0n) is 13.6. The average molecular weight is 331 g/mol. The van der Waals surface area contributed by atoms with Crippen LogP contribution < -0.4 is 5.32 Å². The lowest BCUT2D eigenvalue weighted by Gasteiger charge is -2.14. The number of carbonyl (C=O) groups is 2. The fourth-order valence-corrected chi connectivity index (χ4v) is 2.28. The predicted molar refractivity (Wildman–Crippen MR) is 86.2 cm³/mol. The maximum atomic E-state index is 12.0. The van der Waals surface area contributed by atoms with E-state index in [-0.39, 0.29) is 12.3 Å². The minimum atomic E-state index is -1.09. The van der Waals surface area contributed by atoms with Gasteiger partial charge in [-0.15, -0.1) is 0 Å². The number of nitrogens with zero attached hydrogens (tertiary/aromatic N) is 2.